The van der Waals surface area contributed by atoms with Gasteiger partial charge < -0.3 is 22.1 Å². The summed E-state index contributed by atoms with van der Waals surface area (Å²) in [5.74, 6) is 0.452. The minimum atomic E-state index is 0.191. The molecule has 2 aromatic rings. The van der Waals surface area contributed by atoms with E-state index < -0.39 is 0 Å². The Morgan fingerprint density at radius 3 is 2.35 bits per heavy atom. The minimum Gasteiger partial charge on any atom is -0.388 e. The van der Waals surface area contributed by atoms with Gasteiger partial charge in [-0.2, -0.15) is 0 Å². The summed E-state index contributed by atoms with van der Waals surface area (Å²) >= 11 is 0. The molecule has 0 spiro atoms. The van der Waals surface area contributed by atoms with Gasteiger partial charge in [-0.25, -0.2) is 0 Å². The fourth-order valence-electron chi connectivity index (χ4n) is 3.44. The molecule has 168 valence electrons. The van der Waals surface area contributed by atoms with Gasteiger partial charge in [0.25, 0.3) is 0 Å². The van der Waals surface area contributed by atoms with Gasteiger partial charge in [-0.05, 0) is 38.3 Å². The number of nitrogens with one attached hydrogen (secondary N) is 2. The first-order valence-corrected chi connectivity index (χ1v) is 11.1. The van der Waals surface area contributed by atoms with E-state index in [-0.39, 0.29) is 11.8 Å². The first-order valence-electron chi connectivity index (χ1n) is 11.1. The van der Waals surface area contributed by atoms with E-state index in [2.05, 4.69) is 58.0 Å². The summed E-state index contributed by atoms with van der Waals surface area (Å²) < 4.78 is 0. The molecule has 0 saturated heterocycles. The Labute approximate surface area is 187 Å². The van der Waals surface area contributed by atoms with E-state index in [0.717, 1.165) is 55.0 Å². The van der Waals surface area contributed by atoms with Crippen molar-refractivity contribution >= 4 is 0 Å². The van der Waals surface area contributed by atoms with Crippen LogP contribution < -0.4 is 22.1 Å². The Bertz CT molecular complexity index is 787. The lowest BCUT2D eigenvalue weighted by molar-refractivity contribution is 0.455. The normalized spacial score (nSPS) is 12.7. The van der Waals surface area contributed by atoms with Crippen molar-refractivity contribution in [1.82, 2.24) is 20.6 Å². The summed E-state index contributed by atoms with van der Waals surface area (Å²) in [5.41, 5.74) is 16.8. The molecule has 0 bridgehead atoms. The van der Waals surface area contributed by atoms with Crippen LogP contribution in [0.2, 0.25) is 0 Å². The van der Waals surface area contributed by atoms with Crippen LogP contribution in [0.4, 0.5) is 0 Å². The van der Waals surface area contributed by atoms with Gasteiger partial charge in [0, 0.05) is 42.5 Å². The van der Waals surface area contributed by atoms with E-state index in [4.69, 9.17) is 11.5 Å². The third kappa shape index (κ3) is 8.90. The molecule has 1 aromatic carbocycles. The van der Waals surface area contributed by atoms with Gasteiger partial charge in [0.05, 0.1) is 24.1 Å². The van der Waals surface area contributed by atoms with Crippen LogP contribution in [0.15, 0.2) is 67.3 Å². The van der Waals surface area contributed by atoms with Crippen LogP contribution in [0.3, 0.4) is 0 Å². The van der Waals surface area contributed by atoms with Crippen molar-refractivity contribution < 1.29 is 0 Å². The van der Waals surface area contributed by atoms with Crippen molar-refractivity contribution in [2.75, 3.05) is 19.6 Å². The zero-order valence-corrected chi connectivity index (χ0v) is 18.8. The van der Waals surface area contributed by atoms with Crippen LogP contribution in [0.1, 0.15) is 36.2 Å². The van der Waals surface area contributed by atoms with E-state index in [0.29, 0.717) is 19.6 Å². The molecule has 6 heteroatoms. The summed E-state index contributed by atoms with van der Waals surface area (Å²) in [4.78, 5) is 8.71. The standard InChI is InChI=1S/C25H38N6/c1-19-15-31-25(17-28-19)18-30-20(2)23(11-7-8-12-26)16-29-21(3)24(14-27)13-22-9-5-4-6-10-22/h4-6,9-10,15,17,23-24,29-30H,2-3,7-8,11-14,16,18,26-27H2,1H3. The van der Waals surface area contributed by atoms with Crippen molar-refractivity contribution in [2.24, 2.45) is 23.3 Å². The summed E-state index contributed by atoms with van der Waals surface area (Å²) in [5, 5.41) is 6.96. The molecule has 6 nitrogen and oxygen atoms in total. The minimum absolute atomic E-state index is 0.191. The molecule has 6 N–H and O–H groups in total. The average molecular weight is 423 g/mol. The fourth-order valence-corrected chi connectivity index (χ4v) is 3.44. The fraction of sp³-hybridized carbons (Fsp3) is 0.440. The zero-order valence-electron chi connectivity index (χ0n) is 18.8. The average Bonchev–Trinajstić information content (AvgIpc) is 2.79. The van der Waals surface area contributed by atoms with Gasteiger partial charge in [0.1, 0.15) is 0 Å². The second kappa shape index (κ2) is 13.6. The predicted molar refractivity (Wildman–Crippen MR) is 129 cm³/mol. The van der Waals surface area contributed by atoms with E-state index in [9.17, 15) is 0 Å². The van der Waals surface area contributed by atoms with Gasteiger partial charge in [0.2, 0.25) is 0 Å². The van der Waals surface area contributed by atoms with Crippen molar-refractivity contribution in [3.05, 3.63) is 84.2 Å². The van der Waals surface area contributed by atoms with Crippen LogP contribution in [0.25, 0.3) is 0 Å². The molecule has 1 aromatic heterocycles. The number of rotatable bonds is 15. The number of unbranched alkanes of at least 4 members (excludes halogenated alkanes) is 1. The molecular formula is C25H38N6. The topological polar surface area (TPSA) is 102 Å². The Kier molecular flexibility index (Phi) is 10.8. The molecular weight excluding hydrogens is 384 g/mol. The van der Waals surface area contributed by atoms with Crippen molar-refractivity contribution in [3.8, 4) is 0 Å². The number of aryl methyl sites for hydroxylation is 1. The number of hydrogen-bond donors (Lipinski definition) is 4. The van der Waals surface area contributed by atoms with Crippen molar-refractivity contribution in [2.45, 2.75) is 39.2 Å². The molecule has 0 radical (unpaired) electrons. The molecule has 31 heavy (non-hydrogen) atoms. The third-order valence-corrected chi connectivity index (χ3v) is 5.51. The first kappa shape index (κ1) is 24.6. The Hall–Kier alpha value is -2.70. The number of hydrogen-bond acceptors (Lipinski definition) is 6. The maximum absolute atomic E-state index is 6.05. The molecule has 1 heterocycles. The summed E-state index contributed by atoms with van der Waals surface area (Å²) in [6.45, 7) is 13.1. The van der Waals surface area contributed by atoms with Crippen molar-refractivity contribution in [3.63, 3.8) is 0 Å². The molecule has 0 fully saturated rings. The van der Waals surface area contributed by atoms with Gasteiger partial charge in [-0.3, -0.25) is 9.97 Å². The lowest BCUT2D eigenvalue weighted by Gasteiger charge is -2.25. The quantitative estimate of drug-likeness (QED) is 0.329. The highest BCUT2D eigenvalue weighted by molar-refractivity contribution is 5.18. The highest BCUT2D eigenvalue weighted by atomic mass is 15.0. The molecule has 0 saturated carbocycles. The zero-order chi connectivity index (χ0) is 22.5. The molecule has 0 amide bonds. The predicted octanol–water partition coefficient (Wildman–Crippen LogP) is 3.05. The highest BCUT2D eigenvalue weighted by Gasteiger charge is 2.16. The monoisotopic (exact) mass is 422 g/mol. The molecule has 2 rings (SSSR count). The molecule has 0 aliphatic carbocycles. The highest BCUT2D eigenvalue weighted by Crippen LogP contribution is 2.18. The van der Waals surface area contributed by atoms with Gasteiger partial charge in [-0.15, -0.1) is 0 Å². The summed E-state index contributed by atoms with van der Waals surface area (Å²) in [6, 6.07) is 10.4. The first-order chi connectivity index (χ1) is 15.0. The number of nitrogens with two attached hydrogens (primary N) is 2. The lowest BCUT2D eigenvalue weighted by atomic mass is 9.95. The smallest absolute Gasteiger partial charge is 0.0777 e. The number of benzene rings is 1. The van der Waals surface area contributed by atoms with Crippen LogP contribution >= 0.6 is 0 Å². The van der Waals surface area contributed by atoms with E-state index in [1.54, 1.807) is 12.4 Å². The van der Waals surface area contributed by atoms with Crippen LogP contribution in [0.5, 0.6) is 0 Å². The van der Waals surface area contributed by atoms with E-state index in [1.165, 1.54) is 5.56 Å². The Morgan fingerprint density at radius 1 is 0.968 bits per heavy atom. The molecule has 0 aliphatic rings. The van der Waals surface area contributed by atoms with Crippen LogP contribution in [0, 0.1) is 18.8 Å². The molecule has 2 unspecified atom stereocenters. The van der Waals surface area contributed by atoms with E-state index in [1.807, 2.05) is 13.0 Å². The number of aromatic nitrogens is 2. The molecule has 0 aliphatic heterocycles. The maximum Gasteiger partial charge on any atom is 0.0777 e. The van der Waals surface area contributed by atoms with Gasteiger partial charge >= 0.3 is 0 Å². The SMILES string of the molecule is C=C(NCc1cnc(C)cn1)C(CCCCN)CNC(=C)C(CN)Cc1ccccc1. The third-order valence-electron chi connectivity index (χ3n) is 5.51. The number of nitrogens with zero attached hydrogens (tertiary/aromatic N) is 2. The summed E-state index contributed by atoms with van der Waals surface area (Å²) in [6.07, 6.45) is 7.54. The maximum atomic E-state index is 6.05. The van der Waals surface area contributed by atoms with Crippen LogP contribution in [-0.4, -0.2) is 29.6 Å². The van der Waals surface area contributed by atoms with Gasteiger partial charge in [0.15, 0.2) is 0 Å². The van der Waals surface area contributed by atoms with Crippen molar-refractivity contribution in [1.29, 1.82) is 0 Å². The largest absolute Gasteiger partial charge is 0.388 e. The summed E-state index contributed by atoms with van der Waals surface area (Å²) in [7, 11) is 0. The second-order valence-corrected chi connectivity index (χ2v) is 8.04. The van der Waals surface area contributed by atoms with E-state index >= 15 is 0 Å². The van der Waals surface area contributed by atoms with Gasteiger partial charge in [-0.1, -0.05) is 49.9 Å². The molecule has 2 atom stereocenters. The van der Waals surface area contributed by atoms with Crippen LogP contribution in [-0.2, 0) is 13.0 Å². The Balaban J connectivity index is 1.90. The lowest BCUT2D eigenvalue weighted by Crippen LogP contribution is -2.33. The Morgan fingerprint density at radius 2 is 1.71 bits per heavy atom. The second-order valence-electron chi connectivity index (χ2n) is 8.04.